The molecule has 2 aromatic rings. The van der Waals surface area contributed by atoms with Gasteiger partial charge in [-0.1, -0.05) is 29.8 Å². The molecule has 0 saturated carbocycles. The van der Waals surface area contributed by atoms with E-state index in [9.17, 15) is 13.2 Å². The zero-order chi connectivity index (χ0) is 17.9. The minimum atomic E-state index is -2.92. The van der Waals surface area contributed by atoms with Crippen molar-refractivity contribution in [3.63, 3.8) is 0 Å². The van der Waals surface area contributed by atoms with Gasteiger partial charge in [0.25, 0.3) is 0 Å². The van der Waals surface area contributed by atoms with Crippen LogP contribution in [0.2, 0.25) is 0 Å². The van der Waals surface area contributed by atoms with Crippen LogP contribution in [0.5, 0.6) is 0 Å². The fraction of sp³-hybridized carbons (Fsp3) is 0.333. The van der Waals surface area contributed by atoms with Crippen molar-refractivity contribution in [2.75, 3.05) is 22.1 Å². The van der Waals surface area contributed by atoms with Crippen LogP contribution in [0.4, 0.5) is 11.5 Å². The number of rotatable bonds is 5. The molecular weight excluding hydrogens is 338 g/mol. The third-order valence-corrected chi connectivity index (χ3v) is 5.85. The lowest BCUT2D eigenvalue weighted by molar-refractivity contribution is -0.115. The topological polar surface area (TPSA) is 88.2 Å². The molecule has 1 aromatic carbocycles. The van der Waals surface area contributed by atoms with Gasteiger partial charge < -0.3 is 10.6 Å². The van der Waals surface area contributed by atoms with Gasteiger partial charge in [0.05, 0.1) is 29.8 Å². The van der Waals surface area contributed by atoms with E-state index < -0.39 is 9.84 Å². The number of nitrogens with one attached hydrogen (secondary N) is 2. The number of aromatic nitrogens is 1. The van der Waals surface area contributed by atoms with Crippen molar-refractivity contribution in [1.29, 1.82) is 0 Å². The smallest absolute Gasteiger partial charge is 0.228 e. The Morgan fingerprint density at radius 3 is 2.76 bits per heavy atom. The number of sulfone groups is 1. The number of hydrogen-bond acceptors (Lipinski definition) is 5. The number of aryl methyl sites for hydroxylation is 1. The van der Waals surface area contributed by atoms with Gasteiger partial charge in [-0.3, -0.25) is 4.79 Å². The van der Waals surface area contributed by atoms with Crippen LogP contribution in [0.25, 0.3) is 0 Å². The number of nitrogens with zero attached hydrogens (tertiary/aromatic N) is 1. The average Bonchev–Trinajstić information content (AvgIpc) is 2.88. The molecule has 1 amide bonds. The zero-order valence-corrected chi connectivity index (χ0v) is 14.8. The summed E-state index contributed by atoms with van der Waals surface area (Å²) >= 11 is 0. The van der Waals surface area contributed by atoms with E-state index in [0.29, 0.717) is 24.3 Å². The maximum absolute atomic E-state index is 12.1. The first-order valence-electron chi connectivity index (χ1n) is 8.18. The van der Waals surface area contributed by atoms with Crippen molar-refractivity contribution >= 4 is 27.2 Å². The van der Waals surface area contributed by atoms with Crippen LogP contribution in [-0.4, -0.2) is 36.9 Å². The van der Waals surface area contributed by atoms with Crippen LogP contribution < -0.4 is 10.6 Å². The van der Waals surface area contributed by atoms with Gasteiger partial charge in [0, 0.05) is 6.04 Å². The summed E-state index contributed by atoms with van der Waals surface area (Å²) in [6, 6.07) is 11.2. The molecule has 0 aliphatic carbocycles. The van der Waals surface area contributed by atoms with Gasteiger partial charge in [-0.2, -0.15) is 0 Å². The second-order valence-electron chi connectivity index (χ2n) is 6.39. The quantitative estimate of drug-likeness (QED) is 0.854. The van der Waals surface area contributed by atoms with Crippen LogP contribution in [0, 0.1) is 6.92 Å². The van der Waals surface area contributed by atoms with Crippen molar-refractivity contribution in [3.8, 4) is 0 Å². The summed E-state index contributed by atoms with van der Waals surface area (Å²) in [5.41, 5.74) is 2.70. The second-order valence-corrected chi connectivity index (χ2v) is 8.62. The molecule has 2 heterocycles. The van der Waals surface area contributed by atoms with Crippen molar-refractivity contribution < 1.29 is 13.2 Å². The zero-order valence-electron chi connectivity index (χ0n) is 14.0. The summed E-state index contributed by atoms with van der Waals surface area (Å²) in [6.45, 7) is 1.99. The van der Waals surface area contributed by atoms with Crippen LogP contribution in [0.15, 0.2) is 42.6 Å². The lowest BCUT2D eigenvalue weighted by Crippen LogP contribution is -2.21. The van der Waals surface area contributed by atoms with E-state index in [1.165, 1.54) is 0 Å². The molecular formula is C18H21N3O3S. The summed E-state index contributed by atoms with van der Waals surface area (Å²) < 4.78 is 22.9. The standard InChI is InChI=1S/C18H21N3O3S/c1-13-3-2-4-14(9-13)10-18(22)21-15-5-6-17(19-11-15)20-16-7-8-25(23,24)12-16/h2-6,9,11,16H,7-8,10,12H2,1H3,(H,19,20)(H,21,22). The monoisotopic (exact) mass is 359 g/mol. The molecule has 1 unspecified atom stereocenters. The van der Waals surface area contributed by atoms with Gasteiger partial charge >= 0.3 is 0 Å². The molecule has 3 rings (SSSR count). The lowest BCUT2D eigenvalue weighted by atomic mass is 10.1. The summed E-state index contributed by atoms with van der Waals surface area (Å²) in [6.07, 6.45) is 2.47. The Kier molecular flexibility index (Phi) is 5.03. The van der Waals surface area contributed by atoms with E-state index >= 15 is 0 Å². The first kappa shape index (κ1) is 17.4. The van der Waals surface area contributed by atoms with E-state index in [4.69, 9.17) is 0 Å². The van der Waals surface area contributed by atoms with Crippen molar-refractivity contribution in [2.24, 2.45) is 0 Å². The highest BCUT2D eigenvalue weighted by Gasteiger charge is 2.27. The Morgan fingerprint density at radius 1 is 1.28 bits per heavy atom. The molecule has 1 fully saturated rings. The summed E-state index contributed by atoms with van der Waals surface area (Å²) in [4.78, 5) is 16.4. The molecule has 0 radical (unpaired) electrons. The van der Waals surface area contributed by atoms with Gasteiger partial charge in [0.1, 0.15) is 5.82 Å². The molecule has 25 heavy (non-hydrogen) atoms. The Balaban J connectivity index is 1.54. The molecule has 1 atom stereocenters. The number of hydrogen-bond donors (Lipinski definition) is 2. The maximum Gasteiger partial charge on any atom is 0.228 e. The van der Waals surface area contributed by atoms with E-state index in [-0.39, 0.29) is 23.5 Å². The summed E-state index contributed by atoms with van der Waals surface area (Å²) in [5, 5.41) is 5.94. The second kappa shape index (κ2) is 7.23. The number of carbonyl (C=O) groups is 1. The third kappa shape index (κ3) is 5.03. The highest BCUT2D eigenvalue weighted by atomic mass is 32.2. The number of pyridine rings is 1. The first-order valence-corrected chi connectivity index (χ1v) is 10.0. The van der Waals surface area contributed by atoms with Crippen molar-refractivity contribution in [2.45, 2.75) is 25.8 Å². The number of benzene rings is 1. The minimum Gasteiger partial charge on any atom is -0.366 e. The fourth-order valence-corrected chi connectivity index (χ4v) is 4.56. The van der Waals surface area contributed by atoms with E-state index in [1.807, 2.05) is 31.2 Å². The van der Waals surface area contributed by atoms with Gasteiger partial charge in [0.15, 0.2) is 9.84 Å². The van der Waals surface area contributed by atoms with E-state index in [0.717, 1.165) is 11.1 Å². The Morgan fingerprint density at radius 2 is 2.12 bits per heavy atom. The van der Waals surface area contributed by atoms with Crippen LogP contribution in [-0.2, 0) is 21.1 Å². The Bertz CT molecular complexity index is 863. The van der Waals surface area contributed by atoms with Crippen molar-refractivity contribution in [1.82, 2.24) is 4.98 Å². The lowest BCUT2D eigenvalue weighted by Gasteiger charge is -2.12. The highest BCUT2D eigenvalue weighted by Crippen LogP contribution is 2.17. The Hall–Kier alpha value is -2.41. The average molecular weight is 359 g/mol. The first-order chi connectivity index (χ1) is 11.9. The molecule has 1 aliphatic rings. The van der Waals surface area contributed by atoms with Gasteiger partial charge in [0.2, 0.25) is 5.91 Å². The van der Waals surface area contributed by atoms with Gasteiger partial charge in [-0.25, -0.2) is 13.4 Å². The third-order valence-electron chi connectivity index (χ3n) is 4.08. The predicted molar refractivity (Wildman–Crippen MR) is 98.4 cm³/mol. The van der Waals surface area contributed by atoms with E-state index in [2.05, 4.69) is 15.6 Å². The molecule has 2 N–H and O–H groups in total. The molecule has 1 saturated heterocycles. The minimum absolute atomic E-state index is 0.0979. The molecule has 0 spiro atoms. The molecule has 132 valence electrons. The Labute approximate surface area is 147 Å². The maximum atomic E-state index is 12.1. The largest absolute Gasteiger partial charge is 0.366 e. The molecule has 6 nitrogen and oxygen atoms in total. The normalized spacial score (nSPS) is 18.7. The fourth-order valence-electron chi connectivity index (χ4n) is 2.88. The van der Waals surface area contributed by atoms with Crippen LogP contribution >= 0.6 is 0 Å². The van der Waals surface area contributed by atoms with Crippen LogP contribution in [0.3, 0.4) is 0 Å². The summed E-state index contributed by atoms with van der Waals surface area (Å²) in [5.74, 6) is 0.871. The number of carbonyl (C=O) groups excluding carboxylic acids is 1. The van der Waals surface area contributed by atoms with E-state index in [1.54, 1.807) is 18.3 Å². The van der Waals surface area contributed by atoms with Gasteiger partial charge in [-0.05, 0) is 31.0 Å². The predicted octanol–water partition coefficient (Wildman–Crippen LogP) is 2.17. The molecule has 7 heteroatoms. The van der Waals surface area contributed by atoms with Crippen molar-refractivity contribution in [3.05, 3.63) is 53.7 Å². The SMILES string of the molecule is Cc1cccc(CC(=O)Nc2ccc(NC3CCS(=O)(=O)C3)nc2)c1. The number of amides is 1. The molecule has 1 aromatic heterocycles. The molecule has 0 bridgehead atoms. The van der Waals surface area contributed by atoms with Crippen LogP contribution in [0.1, 0.15) is 17.5 Å². The molecule has 1 aliphatic heterocycles. The highest BCUT2D eigenvalue weighted by molar-refractivity contribution is 7.91. The number of anilines is 2. The summed E-state index contributed by atoms with van der Waals surface area (Å²) in [7, 11) is -2.92. The van der Waals surface area contributed by atoms with Gasteiger partial charge in [-0.15, -0.1) is 0 Å².